The van der Waals surface area contributed by atoms with Crippen molar-refractivity contribution in [3.63, 3.8) is 0 Å². The second-order valence-electron chi connectivity index (χ2n) is 3.33. The van der Waals surface area contributed by atoms with Crippen LogP contribution in [-0.2, 0) is 0 Å². The monoisotopic (exact) mass is 169 g/mol. The summed E-state index contributed by atoms with van der Waals surface area (Å²) >= 11 is 0. The summed E-state index contributed by atoms with van der Waals surface area (Å²) in [5, 5.41) is 0. The van der Waals surface area contributed by atoms with Crippen molar-refractivity contribution in [3.05, 3.63) is 0 Å². The largest absolute Gasteiger partial charge is 0.0654 e. The Kier molecular flexibility index (Phi) is 8.48. The normalized spacial score (nSPS) is 13.4. The van der Waals surface area contributed by atoms with E-state index < -0.39 is 0 Å². The Bertz CT molecular complexity index is 71.3. The van der Waals surface area contributed by atoms with Crippen LogP contribution < -0.4 is 0 Å². The summed E-state index contributed by atoms with van der Waals surface area (Å²) in [6.07, 6.45) is 9.59. The molecular formula is C10H21Si. The van der Waals surface area contributed by atoms with Crippen LogP contribution in [0.25, 0.3) is 0 Å². The Morgan fingerprint density at radius 1 is 0.909 bits per heavy atom. The van der Waals surface area contributed by atoms with E-state index in [1.807, 2.05) is 0 Å². The van der Waals surface area contributed by atoms with Gasteiger partial charge in [0.2, 0.25) is 0 Å². The Morgan fingerprint density at radius 2 is 1.64 bits per heavy atom. The molecule has 65 valence electrons. The van der Waals surface area contributed by atoms with Crippen molar-refractivity contribution >= 4 is 10.2 Å². The minimum Gasteiger partial charge on any atom is -0.0654 e. The maximum atomic E-state index is 3.74. The maximum Gasteiger partial charge on any atom is 0.0266 e. The molecule has 1 unspecified atom stereocenters. The van der Waals surface area contributed by atoms with Gasteiger partial charge in [0.05, 0.1) is 0 Å². The van der Waals surface area contributed by atoms with Crippen LogP contribution in [0.15, 0.2) is 0 Å². The lowest BCUT2D eigenvalue weighted by Gasteiger charge is -2.08. The molecule has 0 aromatic heterocycles. The number of hydrogen-bond donors (Lipinski definition) is 0. The predicted octanol–water partition coefficient (Wildman–Crippen LogP) is 3.71. The van der Waals surface area contributed by atoms with Crippen molar-refractivity contribution in [1.82, 2.24) is 0 Å². The lowest BCUT2D eigenvalue weighted by Crippen LogP contribution is -1.91. The highest BCUT2D eigenvalue weighted by Crippen LogP contribution is 2.17. The molecule has 0 aliphatic heterocycles. The smallest absolute Gasteiger partial charge is 0.0266 e. The van der Waals surface area contributed by atoms with E-state index in [9.17, 15) is 0 Å². The molecule has 11 heavy (non-hydrogen) atoms. The van der Waals surface area contributed by atoms with Gasteiger partial charge in [-0.25, -0.2) is 0 Å². The number of rotatable bonds is 7. The van der Waals surface area contributed by atoms with Gasteiger partial charge in [-0.3, -0.25) is 0 Å². The summed E-state index contributed by atoms with van der Waals surface area (Å²) in [5.41, 5.74) is 0.775. The fraction of sp³-hybridized carbons (Fsp3) is 1.00. The second-order valence-corrected chi connectivity index (χ2v) is 4.15. The molecule has 0 rings (SSSR count). The van der Waals surface area contributed by atoms with Gasteiger partial charge in [-0.2, -0.15) is 0 Å². The third kappa shape index (κ3) is 8.12. The van der Waals surface area contributed by atoms with Crippen molar-refractivity contribution in [2.45, 2.75) is 64.3 Å². The summed E-state index contributed by atoms with van der Waals surface area (Å²) < 4.78 is 0. The van der Waals surface area contributed by atoms with Crippen LogP contribution in [0.1, 0.15) is 58.8 Å². The Labute approximate surface area is 75.2 Å². The van der Waals surface area contributed by atoms with Crippen molar-refractivity contribution in [2.75, 3.05) is 0 Å². The fourth-order valence-electron chi connectivity index (χ4n) is 1.31. The molecule has 0 amide bonds. The first-order chi connectivity index (χ1) is 5.31. The van der Waals surface area contributed by atoms with Crippen molar-refractivity contribution < 1.29 is 0 Å². The highest BCUT2D eigenvalue weighted by atomic mass is 28.1. The van der Waals surface area contributed by atoms with Gasteiger partial charge in [-0.15, -0.1) is 0 Å². The van der Waals surface area contributed by atoms with Gasteiger partial charge in [-0.05, 0) is 0 Å². The third-order valence-electron chi connectivity index (χ3n) is 2.04. The molecule has 0 heterocycles. The zero-order chi connectivity index (χ0) is 8.53. The number of hydrogen-bond acceptors (Lipinski definition) is 0. The average Bonchev–Trinajstić information content (AvgIpc) is 1.99. The van der Waals surface area contributed by atoms with Gasteiger partial charge in [0.1, 0.15) is 0 Å². The van der Waals surface area contributed by atoms with Gasteiger partial charge in [0.25, 0.3) is 0 Å². The van der Waals surface area contributed by atoms with E-state index >= 15 is 0 Å². The average molecular weight is 169 g/mol. The quantitative estimate of drug-likeness (QED) is 0.402. The molecule has 0 aromatic carbocycles. The molecule has 0 fully saturated rings. The molecular weight excluding hydrogens is 148 g/mol. The van der Waals surface area contributed by atoms with Gasteiger partial charge in [0.15, 0.2) is 0 Å². The summed E-state index contributed by atoms with van der Waals surface area (Å²) in [7, 11) is 3.74. The van der Waals surface area contributed by atoms with Gasteiger partial charge in [-0.1, -0.05) is 64.3 Å². The molecule has 0 saturated carbocycles. The molecule has 0 aliphatic carbocycles. The fourth-order valence-corrected chi connectivity index (χ4v) is 1.80. The summed E-state index contributed by atoms with van der Waals surface area (Å²) in [6.45, 7) is 4.51. The minimum absolute atomic E-state index is 0.775. The lowest BCUT2D eigenvalue weighted by atomic mass is 10.1. The van der Waals surface area contributed by atoms with Crippen molar-refractivity contribution in [2.24, 2.45) is 0 Å². The first-order valence-corrected chi connectivity index (χ1v) is 5.60. The molecule has 0 aliphatic rings. The highest BCUT2D eigenvalue weighted by Gasteiger charge is 1.99. The molecule has 1 atom stereocenters. The maximum absolute atomic E-state index is 3.74. The minimum atomic E-state index is 0.775. The van der Waals surface area contributed by atoms with E-state index in [1.165, 1.54) is 44.9 Å². The molecule has 0 N–H and O–H groups in total. The third-order valence-corrected chi connectivity index (χ3v) is 2.62. The van der Waals surface area contributed by atoms with Crippen molar-refractivity contribution in [3.8, 4) is 0 Å². The van der Waals surface area contributed by atoms with E-state index in [-0.39, 0.29) is 0 Å². The Hall–Kier alpha value is 0.217. The summed E-state index contributed by atoms with van der Waals surface area (Å²) in [5.74, 6) is 0. The van der Waals surface area contributed by atoms with Crippen molar-refractivity contribution in [1.29, 1.82) is 0 Å². The predicted molar refractivity (Wildman–Crippen MR) is 53.2 cm³/mol. The lowest BCUT2D eigenvalue weighted by molar-refractivity contribution is 0.584. The standard InChI is InChI=1S/C10H21Si/c1-3-5-6-7-9-10(11)8-4-2/h10H,3-9H2,1-2H3. The molecule has 0 spiro atoms. The topological polar surface area (TPSA) is 0 Å². The first-order valence-electron chi connectivity index (χ1n) is 5.02. The van der Waals surface area contributed by atoms with Crippen LogP contribution in [0.4, 0.5) is 0 Å². The first kappa shape index (κ1) is 11.2. The summed E-state index contributed by atoms with van der Waals surface area (Å²) in [4.78, 5) is 0. The van der Waals surface area contributed by atoms with Gasteiger partial charge in [0, 0.05) is 10.2 Å². The van der Waals surface area contributed by atoms with E-state index in [4.69, 9.17) is 0 Å². The Balaban J connectivity index is 2.97. The number of unbranched alkanes of at least 4 members (excludes halogenated alkanes) is 3. The van der Waals surface area contributed by atoms with Crippen LogP contribution in [0.2, 0.25) is 5.54 Å². The molecule has 3 radical (unpaired) electrons. The Morgan fingerprint density at radius 3 is 2.18 bits per heavy atom. The molecule has 1 heteroatoms. The zero-order valence-corrected chi connectivity index (χ0v) is 9.03. The van der Waals surface area contributed by atoms with Crippen LogP contribution in [0.3, 0.4) is 0 Å². The van der Waals surface area contributed by atoms with Gasteiger partial charge < -0.3 is 0 Å². The van der Waals surface area contributed by atoms with Gasteiger partial charge >= 0.3 is 0 Å². The molecule has 0 saturated heterocycles. The molecule has 0 nitrogen and oxygen atoms in total. The van der Waals surface area contributed by atoms with Crippen LogP contribution >= 0.6 is 0 Å². The van der Waals surface area contributed by atoms with Crippen LogP contribution in [0, 0.1) is 0 Å². The van der Waals surface area contributed by atoms with Crippen LogP contribution in [0.5, 0.6) is 0 Å². The summed E-state index contributed by atoms with van der Waals surface area (Å²) in [6, 6.07) is 0. The van der Waals surface area contributed by atoms with E-state index in [1.54, 1.807) is 0 Å². The second kappa shape index (κ2) is 8.31. The molecule has 0 aromatic rings. The zero-order valence-electron chi connectivity index (χ0n) is 8.03. The molecule has 0 bridgehead atoms. The SMILES string of the molecule is CCCCCCC([Si])CCC. The van der Waals surface area contributed by atoms with E-state index in [0.717, 1.165) is 5.54 Å². The highest BCUT2D eigenvalue weighted by molar-refractivity contribution is 6.11. The van der Waals surface area contributed by atoms with E-state index in [2.05, 4.69) is 24.1 Å². The van der Waals surface area contributed by atoms with Crippen LogP contribution in [-0.4, -0.2) is 10.2 Å². The van der Waals surface area contributed by atoms with E-state index in [0.29, 0.717) is 0 Å².